The van der Waals surface area contributed by atoms with Crippen LogP contribution in [0.4, 0.5) is 5.69 Å². The minimum absolute atomic E-state index is 0.0311. The topological polar surface area (TPSA) is 67.3 Å². The van der Waals surface area contributed by atoms with Gasteiger partial charge < -0.3 is 21.7 Å². The number of hydrogen-bond acceptors (Lipinski definition) is 4. The zero-order valence-corrected chi connectivity index (χ0v) is 20.8. The van der Waals surface area contributed by atoms with Crippen LogP contribution in [0.25, 0.3) is 17.8 Å². The quantitative estimate of drug-likeness (QED) is 0.420. The maximum absolute atomic E-state index is 5.81. The van der Waals surface area contributed by atoms with Crippen molar-refractivity contribution in [3.05, 3.63) is 118 Å². The normalized spacial score (nSPS) is 12.4. The van der Waals surface area contributed by atoms with Crippen LogP contribution in [0.1, 0.15) is 34.7 Å². The van der Waals surface area contributed by atoms with Gasteiger partial charge in [-0.1, -0.05) is 68.3 Å². The maximum Gasteiger partial charge on any atom is 0.0623 e. The fourth-order valence-electron chi connectivity index (χ4n) is 4.22. The number of fused-ring (bicyclic) bond motifs is 2. The van der Waals surface area contributed by atoms with Crippen molar-refractivity contribution < 1.29 is 0 Å². The summed E-state index contributed by atoms with van der Waals surface area (Å²) in [6, 6.07) is 21.8. The van der Waals surface area contributed by atoms with Crippen LogP contribution < -0.4 is 32.1 Å². The molecule has 3 aromatic carbocycles. The van der Waals surface area contributed by atoms with Crippen LogP contribution in [0.5, 0.6) is 0 Å². The van der Waals surface area contributed by atoms with E-state index in [1.54, 1.807) is 0 Å². The van der Waals surface area contributed by atoms with E-state index in [0.29, 0.717) is 5.70 Å². The van der Waals surface area contributed by atoms with Gasteiger partial charge in [-0.25, -0.2) is 0 Å². The van der Waals surface area contributed by atoms with Gasteiger partial charge >= 0.3 is 0 Å². The first-order valence-corrected chi connectivity index (χ1v) is 11.5. The highest BCUT2D eigenvalue weighted by Crippen LogP contribution is 2.32. The molecule has 1 aliphatic carbocycles. The summed E-state index contributed by atoms with van der Waals surface area (Å²) in [5.41, 5.74) is 20.4. The molecule has 0 saturated heterocycles. The molecular formula is C30H36N4. The molecule has 0 spiro atoms. The van der Waals surface area contributed by atoms with Crippen LogP contribution in [0.2, 0.25) is 0 Å². The number of anilines is 1. The molecule has 3 aromatic rings. The number of nitrogens with two attached hydrogens (primary N) is 2. The minimum Gasteiger partial charge on any atom is -0.401 e. The highest BCUT2D eigenvalue weighted by molar-refractivity contribution is 5.84. The second-order valence-corrected chi connectivity index (χ2v) is 8.78. The first-order valence-electron chi connectivity index (χ1n) is 11.5. The molecule has 1 unspecified atom stereocenters. The van der Waals surface area contributed by atoms with Gasteiger partial charge in [-0.2, -0.15) is 0 Å². The lowest BCUT2D eigenvalue weighted by atomic mass is 9.83. The first kappa shape index (κ1) is 24.9. The van der Waals surface area contributed by atoms with Crippen molar-refractivity contribution in [3.63, 3.8) is 0 Å². The van der Waals surface area contributed by atoms with Crippen molar-refractivity contribution in [2.24, 2.45) is 11.5 Å². The van der Waals surface area contributed by atoms with Gasteiger partial charge in [0.15, 0.2) is 0 Å². The molecule has 0 aliphatic heterocycles. The predicted octanol–water partition coefficient (Wildman–Crippen LogP) is 3.31. The Labute approximate surface area is 203 Å². The SMILES string of the molecule is C=C(NC(C)C(=C)N)c1ccc(C2=c3ccc(=C)cc3Cc3cc(N(C)C)ccc32)cc1.CN. The molecule has 4 heteroatoms. The van der Waals surface area contributed by atoms with E-state index >= 15 is 0 Å². The van der Waals surface area contributed by atoms with Gasteiger partial charge in [-0.3, -0.25) is 0 Å². The Kier molecular flexibility index (Phi) is 7.64. The fraction of sp³-hybridized carbons (Fsp3) is 0.200. The van der Waals surface area contributed by atoms with Gasteiger partial charge in [-0.05, 0) is 76.4 Å². The van der Waals surface area contributed by atoms with Gasteiger partial charge in [0.05, 0.1) is 6.04 Å². The monoisotopic (exact) mass is 452 g/mol. The second kappa shape index (κ2) is 10.4. The van der Waals surface area contributed by atoms with Gasteiger partial charge in [0.2, 0.25) is 0 Å². The molecule has 0 radical (unpaired) electrons. The van der Waals surface area contributed by atoms with Crippen LogP contribution >= 0.6 is 0 Å². The summed E-state index contributed by atoms with van der Waals surface area (Å²) < 4.78 is 0. The molecule has 0 amide bonds. The predicted molar refractivity (Wildman–Crippen MR) is 148 cm³/mol. The summed E-state index contributed by atoms with van der Waals surface area (Å²) >= 11 is 0. The van der Waals surface area contributed by atoms with Gasteiger partial charge in [0, 0.05) is 31.2 Å². The van der Waals surface area contributed by atoms with E-state index in [4.69, 9.17) is 5.73 Å². The maximum atomic E-state index is 5.81. The van der Waals surface area contributed by atoms with E-state index in [-0.39, 0.29) is 6.04 Å². The molecular weight excluding hydrogens is 416 g/mol. The number of hydrogen-bond donors (Lipinski definition) is 3. The summed E-state index contributed by atoms with van der Waals surface area (Å²) in [6.45, 7) is 14.1. The Balaban J connectivity index is 0.00000158. The Morgan fingerprint density at radius 3 is 2.24 bits per heavy atom. The lowest BCUT2D eigenvalue weighted by Crippen LogP contribution is -2.29. The van der Waals surface area contributed by atoms with Gasteiger partial charge in [0.1, 0.15) is 0 Å². The number of nitrogens with one attached hydrogen (secondary N) is 1. The van der Waals surface area contributed by atoms with Gasteiger partial charge in [0.25, 0.3) is 0 Å². The van der Waals surface area contributed by atoms with Crippen LogP contribution in [-0.2, 0) is 6.42 Å². The van der Waals surface area contributed by atoms with Crippen LogP contribution in [0.15, 0.2) is 79.5 Å². The first-order chi connectivity index (χ1) is 16.2. The molecule has 4 rings (SSSR count). The zero-order chi connectivity index (χ0) is 25.0. The molecule has 0 aromatic heterocycles. The Bertz CT molecular complexity index is 1320. The number of rotatable bonds is 6. The smallest absolute Gasteiger partial charge is 0.0623 e. The average Bonchev–Trinajstić information content (AvgIpc) is 2.83. The molecule has 1 atom stereocenters. The molecule has 34 heavy (non-hydrogen) atoms. The highest BCUT2D eigenvalue weighted by atomic mass is 15.1. The molecule has 4 nitrogen and oxygen atoms in total. The van der Waals surface area contributed by atoms with Crippen LogP contribution in [-0.4, -0.2) is 27.2 Å². The third kappa shape index (κ3) is 5.08. The third-order valence-corrected chi connectivity index (χ3v) is 6.16. The summed E-state index contributed by atoms with van der Waals surface area (Å²) in [5, 5.41) is 5.63. The van der Waals surface area contributed by atoms with Crippen molar-refractivity contribution in [1.82, 2.24) is 5.32 Å². The molecule has 0 heterocycles. The van der Waals surface area contributed by atoms with Crippen LogP contribution in [0, 0.1) is 0 Å². The van der Waals surface area contributed by atoms with E-state index in [9.17, 15) is 0 Å². The molecule has 0 bridgehead atoms. The van der Waals surface area contributed by atoms with E-state index in [0.717, 1.165) is 22.9 Å². The lowest BCUT2D eigenvalue weighted by Gasteiger charge is -2.23. The summed E-state index contributed by atoms with van der Waals surface area (Å²) in [7, 11) is 5.66. The Morgan fingerprint density at radius 1 is 0.941 bits per heavy atom. The molecule has 0 fully saturated rings. The summed E-state index contributed by atoms with van der Waals surface area (Å²) in [6.07, 6.45) is 0.916. The third-order valence-electron chi connectivity index (χ3n) is 6.16. The Hall–Kier alpha value is -3.76. The van der Waals surface area contributed by atoms with Crippen molar-refractivity contribution in [2.75, 3.05) is 26.0 Å². The van der Waals surface area contributed by atoms with Crippen molar-refractivity contribution in [2.45, 2.75) is 19.4 Å². The van der Waals surface area contributed by atoms with E-state index in [1.165, 1.54) is 45.8 Å². The summed E-state index contributed by atoms with van der Waals surface area (Å²) in [5.74, 6) is 0. The molecule has 1 aliphatic rings. The standard InChI is InChI=1S/C29H31N3.CH5N/c1-18-7-13-27-24(15-18)16-25-17-26(32(5)6)12-14-28(25)29(27)23-10-8-22(9-11-23)21(4)31-20(3)19(2)30;1-2/h7-15,17,20,31H,1-2,4,16,30H2,3,5-6H3;2H2,1H3. The highest BCUT2D eigenvalue weighted by Gasteiger charge is 2.19. The van der Waals surface area contributed by atoms with E-state index < -0.39 is 0 Å². The van der Waals surface area contributed by atoms with Crippen LogP contribution in [0.3, 0.4) is 0 Å². The average molecular weight is 453 g/mol. The number of nitrogens with zero attached hydrogens (tertiary/aromatic N) is 1. The molecule has 5 N–H and O–H groups in total. The minimum atomic E-state index is -0.0311. The fourth-order valence-corrected chi connectivity index (χ4v) is 4.22. The zero-order valence-electron chi connectivity index (χ0n) is 20.8. The number of benzene rings is 3. The van der Waals surface area contributed by atoms with E-state index in [2.05, 4.69) is 110 Å². The molecule has 0 saturated carbocycles. The summed E-state index contributed by atoms with van der Waals surface area (Å²) in [4.78, 5) is 2.15. The molecule has 176 valence electrons. The van der Waals surface area contributed by atoms with Gasteiger partial charge in [-0.15, -0.1) is 0 Å². The Morgan fingerprint density at radius 2 is 1.62 bits per heavy atom. The van der Waals surface area contributed by atoms with Crippen molar-refractivity contribution >= 4 is 23.5 Å². The second-order valence-electron chi connectivity index (χ2n) is 8.78. The lowest BCUT2D eigenvalue weighted by molar-refractivity contribution is 0.738. The van der Waals surface area contributed by atoms with Crippen molar-refractivity contribution in [1.29, 1.82) is 0 Å². The largest absolute Gasteiger partial charge is 0.401 e. The van der Waals surface area contributed by atoms with E-state index in [1.807, 2.05) is 6.92 Å². The van der Waals surface area contributed by atoms with Crippen molar-refractivity contribution in [3.8, 4) is 0 Å².